The van der Waals surface area contributed by atoms with E-state index in [2.05, 4.69) is 68.7 Å². The fourth-order valence-corrected chi connectivity index (χ4v) is 4.76. The highest BCUT2D eigenvalue weighted by molar-refractivity contribution is 6.02. The van der Waals surface area contributed by atoms with E-state index < -0.39 is 0 Å². The molecule has 1 aliphatic rings. The van der Waals surface area contributed by atoms with Crippen molar-refractivity contribution in [1.29, 1.82) is 0 Å². The van der Waals surface area contributed by atoms with Gasteiger partial charge in [0.05, 0.1) is 35.6 Å². The van der Waals surface area contributed by atoms with Crippen molar-refractivity contribution in [3.8, 4) is 5.75 Å². The molecule has 40 heavy (non-hydrogen) atoms. The maximum atomic E-state index is 12.3. The molecule has 0 atom stereocenters. The van der Waals surface area contributed by atoms with Gasteiger partial charge in [-0.1, -0.05) is 20.4 Å². The maximum absolute atomic E-state index is 12.3. The molecule has 0 fully saturated rings. The van der Waals surface area contributed by atoms with Gasteiger partial charge in [0.1, 0.15) is 23.7 Å². The zero-order valence-electron chi connectivity index (χ0n) is 24.8. The zero-order chi connectivity index (χ0) is 29.2. The molecular formula is C30H40N8O2. The molecule has 2 N–H and O–H groups in total. The quantitative estimate of drug-likeness (QED) is 0.349. The third kappa shape index (κ3) is 6.02. The van der Waals surface area contributed by atoms with Gasteiger partial charge in [-0.25, -0.2) is 9.97 Å². The number of nitrogens with zero attached hydrogens (tertiary/aromatic N) is 6. The third-order valence-corrected chi connectivity index (χ3v) is 7.18. The van der Waals surface area contributed by atoms with E-state index >= 15 is 0 Å². The van der Waals surface area contributed by atoms with Crippen LogP contribution in [0.15, 0.2) is 43.2 Å². The Labute approximate surface area is 237 Å². The first-order valence-corrected chi connectivity index (χ1v) is 13.3. The number of methoxy groups -OCH3 is 1. The van der Waals surface area contributed by atoms with Gasteiger partial charge in [-0.05, 0) is 51.7 Å². The Balaban J connectivity index is 1.69. The number of aryl methyl sites for hydroxylation is 2. The second-order valence-corrected chi connectivity index (χ2v) is 11.1. The zero-order valence-corrected chi connectivity index (χ0v) is 24.8. The van der Waals surface area contributed by atoms with Gasteiger partial charge < -0.3 is 30.1 Å². The number of amides is 1. The number of aromatic nitrogens is 3. The molecule has 3 heterocycles. The van der Waals surface area contributed by atoms with Crippen molar-refractivity contribution >= 4 is 40.3 Å². The van der Waals surface area contributed by atoms with Crippen LogP contribution in [-0.4, -0.2) is 73.6 Å². The van der Waals surface area contributed by atoms with Crippen LogP contribution in [0.2, 0.25) is 0 Å². The van der Waals surface area contributed by atoms with Crippen LogP contribution in [-0.2, 0) is 10.2 Å². The van der Waals surface area contributed by atoms with E-state index in [9.17, 15) is 4.79 Å². The Bertz CT molecular complexity index is 1420. The molecule has 10 nitrogen and oxygen atoms in total. The molecular weight excluding hydrogens is 504 g/mol. The molecule has 0 bridgehead atoms. The number of anilines is 6. The number of benzene rings is 1. The van der Waals surface area contributed by atoms with Crippen molar-refractivity contribution in [3.05, 3.63) is 60.2 Å². The summed E-state index contributed by atoms with van der Waals surface area (Å²) >= 11 is 0. The lowest BCUT2D eigenvalue weighted by Crippen LogP contribution is -2.29. The number of ether oxygens (including phenoxy) is 1. The predicted octanol–water partition coefficient (Wildman–Crippen LogP) is 4.79. The molecule has 0 spiro atoms. The SMILES string of the molecule is C=CC(=O)Nc1cc(Nc2cc(N3CC(C)(C)c4nc(C)c(C)cc43)ncn2)c(OC)cc1N(C)CCN(C)C. The summed E-state index contributed by atoms with van der Waals surface area (Å²) in [4.78, 5) is 32.7. The number of nitrogens with one attached hydrogen (secondary N) is 2. The molecule has 2 aromatic heterocycles. The highest BCUT2D eigenvalue weighted by Crippen LogP contribution is 2.44. The minimum absolute atomic E-state index is 0.123. The van der Waals surface area contributed by atoms with Gasteiger partial charge >= 0.3 is 0 Å². The number of carbonyl (C=O) groups excluding carboxylic acids is 1. The van der Waals surface area contributed by atoms with Crippen molar-refractivity contribution in [2.24, 2.45) is 0 Å². The lowest BCUT2D eigenvalue weighted by atomic mass is 9.91. The fraction of sp³-hybridized carbons (Fsp3) is 0.400. The second-order valence-electron chi connectivity index (χ2n) is 11.1. The second kappa shape index (κ2) is 11.5. The summed E-state index contributed by atoms with van der Waals surface area (Å²) in [6, 6.07) is 7.87. The van der Waals surface area contributed by atoms with Crippen LogP contribution in [0.4, 0.5) is 34.4 Å². The van der Waals surface area contributed by atoms with Gasteiger partial charge in [0.15, 0.2) is 0 Å². The van der Waals surface area contributed by atoms with Crippen LogP contribution in [0.25, 0.3) is 0 Å². The molecule has 0 radical (unpaired) electrons. The summed E-state index contributed by atoms with van der Waals surface area (Å²) in [7, 11) is 7.66. The Kier molecular flexibility index (Phi) is 8.29. The van der Waals surface area contributed by atoms with Gasteiger partial charge in [0.2, 0.25) is 5.91 Å². The van der Waals surface area contributed by atoms with Gasteiger partial charge in [-0.15, -0.1) is 0 Å². The third-order valence-electron chi connectivity index (χ3n) is 7.18. The van der Waals surface area contributed by atoms with Gasteiger partial charge in [-0.3, -0.25) is 9.78 Å². The summed E-state index contributed by atoms with van der Waals surface area (Å²) in [5.74, 6) is 1.69. The van der Waals surface area contributed by atoms with E-state index in [-0.39, 0.29) is 11.3 Å². The summed E-state index contributed by atoms with van der Waals surface area (Å²) in [6.45, 7) is 14.5. The topological polar surface area (TPSA) is 98.8 Å². The number of hydrogen-bond acceptors (Lipinski definition) is 9. The van der Waals surface area contributed by atoms with E-state index in [1.54, 1.807) is 13.4 Å². The van der Waals surface area contributed by atoms with Crippen LogP contribution < -0.4 is 25.2 Å². The largest absolute Gasteiger partial charge is 0.494 e. The summed E-state index contributed by atoms with van der Waals surface area (Å²) in [5.41, 5.74) is 6.32. The van der Waals surface area contributed by atoms with Crippen molar-refractivity contribution in [2.75, 3.05) is 68.3 Å². The minimum Gasteiger partial charge on any atom is -0.494 e. The van der Waals surface area contributed by atoms with Crippen molar-refractivity contribution < 1.29 is 9.53 Å². The lowest BCUT2D eigenvalue weighted by molar-refractivity contribution is -0.111. The number of pyridine rings is 1. The molecule has 1 aromatic carbocycles. The lowest BCUT2D eigenvalue weighted by Gasteiger charge is -2.26. The first-order chi connectivity index (χ1) is 18.9. The standard InChI is InChI=1S/C30H40N8O2/c1-10-28(39)35-21-14-22(25(40-9)15-23(21)37(8)12-11-36(6)7)34-26-16-27(32-18-31-26)38-17-30(4,5)29-24(38)13-19(2)20(3)33-29/h10,13-16,18H,1,11-12,17H2,2-9H3,(H,35,39)(H,31,32,34). The first-order valence-electron chi connectivity index (χ1n) is 13.3. The molecule has 1 aliphatic heterocycles. The van der Waals surface area contributed by atoms with Crippen molar-refractivity contribution in [3.63, 3.8) is 0 Å². The highest BCUT2D eigenvalue weighted by atomic mass is 16.5. The normalized spacial score (nSPS) is 13.7. The van der Waals surface area contributed by atoms with E-state index in [4.69, 9.17) is 9.72 Å². The Hall–Kier alpha value is -4.18. The van der Waals surface area contributed by atoms with Crippen LogP contribution in [0.3, 0.4) is 0 Å². The number of likely N-dealkylation sites (N-methyl/N-ethyl adjacent to an activating group) is 2. The number of hydrogen-bond donors (Lipinski definition) is 2. The first kappa shape index (κ1) is 28.8. The predicted molar refractivity (Wildman–Crippen MR) is 163 cm³/mol. The molecule has 0 aliphatic carbocycles. The van der Waals surface area contributed by atoms with Gasteiger partial charge in [0.25, 0.3) is 0 Å². The summed E-state index contributed by atoms with van der Waals surface area (Å²) in [5, 5.41) is 6.31. The Morgan fingerprint density at radius 3 is 2.55 bits per heavy atom. The number of carbonyl (C=O) groups is 1. The smallest absolute Gasteiger partial charge is 0.247 e. The molecule has 3 aromatic rings. The van der Waals surface area contributed by atoms with Crippen LogP contribution >= 0.6 is 0 Å². The van der Waals surface area contributed by atoms with Crippen molar-refractivity contribution in [2.45, 2.75) is 33.1 Å². The van der Waals surface area contributed by atoms with E-state index in [1.165, 1.54) is 6.08 Å². The number of fused-ring (bicyclic) bond motifs is 1. The van der Waals surface area contributed by atoms with E-state index in [0.717, 1.165) is 53.8 Å². The summed E-state index contributed by atoms with van der Waals surface area (Å²) < 4.78 is 5.75. The monoisotopic (exact) mass is 544 g/mol. The molecule has 10 heteroatoms. The molecule has 212 valence electrons. The van der Waals surface area contributed by atoms with Gasteiger partial charge in [0, 0.05) is 49.9 Å². The summed E-state index contributed by atoms with van der Waals surface area (Å²) in [6.07, 6.45) is 2.80. The fourth-order valence-electron chi connectivity index (χ4n) is 4.76. The van der Waals surface area contributed by atoms with Crippen LogP contribution in [0.1, 0.15) is 30.8 Å². The average molecular weight is 545 g/mol. The average Bonchev–Trinajstić information content (AvgIpc) is 3.17. The Morgan fingerprint density at radius 1 is 1.12 bits per heavy atom. The number of rotatable bonds is 10. The van der Waals surface area contributed by atoms with E-state index in [1.807, 2.05) is 46.3 Å². The van der Waals surface area contributed by atoms with Crippen LogP contribution in [0, 0.1) is 13.8 Å². The molecule has 1 amide bonds. The van der Waals surface area contributed by atoms with Crippen LogP contribution in [0.5, 0.6) is 5.75 Å². The molecule has 0 saturated carbocycles. The van der Waals surface area contributed by atoms with Gasteiger partial charge in [-0.2, -0.15) is 0 Å². The molecule has 0 unspecified atom stereocenters. The molecule has 4 rings (SSSR count). The highest BCUT2D eigenvalue weighted by Gasteiger charge is 2.38. The Morgan fingerprint density at radius 2 is 1.88 bits per heavy atom. The van der Waals surface area contributed by atoms with E-state index in [0.29, 0.717) is 22.9 Å². The maximum Gasteiger partial charge on any atom is 0.247 e. The minimum atomic E-state index is -0.294. The molecule has 0 saturated heterocycles. The van der Waals surface area contributed by atoms with Crippen molar-refractivity contribution in [1.82, 2.24) is 19.9 Å².